The van der Waals surface area contributed by atoms with Crippen LogP contribution in [-0.4, -0.2) is 4.98 Å². The van der Waals surface area contributed by atoms with Gasteiger partial charge in [-0.2, -0.15) is 0 Å². The number of nitrogens with zero attached hydrogens (tertiary/aromatic N) is 1. The lowest BCUT2D eigenvalue weighted by molar-refractivity contribution is 1.50. The molecular formula is C13H12Cl2N2. The Morgan fingerprint density at radius 3 is 2.29 bits per heavy atom. The quantitative estimate of drug-likeness (QED) is 0.497. The molecular weight excluding hydrogens is 255 g/mol. The highest BCUT2D eigenvalue weighted by molar-refractivity contribution is 5.93. The van der Waals surface area contributed by atoms with Crippen molar-refractivity contribution in [2.75, 3.05) is 5.73 Å². The predicted octanol–water partition coefficient (Wildman–Crippen LogP) is 3.81. The van der Waals surface area contributed by atoms with E-state index in [0.29, 0.717) is 0 Å². The molecule has 0 aliphatic carbocycles. The Bertz CT molecular complexity index is 653. The van der Waals surface area contributed by atoms with Crippen molar-refractivity contribution in [1.29, 1.82) is 0 Å². The maximum Gasteiger partial charge on any atom is 0.0730 e. The van der Waals surface area contributed by atoms with Gasteiger partial charge in [0.2, 0.25) is 0 Å². The maximum atomic E-state index is 5.73. The zero-order valence-electron chi connectivity index (χ0n) is 8.96. The van der Waals surface area contributed by atoms with Crippen molar-refractivity contribution in [2.24, 2.45) is 0 Å². The van der Waals surface area contributed by atoms with E-state index in [0.717, 1.165) is 27.5 Å². The van der Waals surface area contributed by atoms with Gasteiger partial charge >= 0.3 is 0 Å². The number of aromatic nitrogens is 1. The molecule has 88 valence electrons. The second-order valence-corrected chi connectivity index (χ2v) is 3.63. The van der Waals surface area contributed by atoms with E-state index in [4.69, 9.17) is 5.73 Å². The average Bonchev–Trinajstić information content (AvgIpc) is 2.26. The van der Waals surface area contributed by atoms with Crippen LogP contribution in [0.25, 0.3) is 21.8 Å². The highest BCUT2D eigenvalue weighted by Gasteiger charge is 1.98. The normalized spacial score (nSPS) is 9.65. The summed E-state index contributed by atoms with van der Waals surface area (Å²) in [5.74, 6) is 0. The first-order chi connectivity index (χ1) is 7.33. The second-order valence-electron chi connectivity index (χ2n) is 3.63. The molecule has 3 rings (SSSR count). The predicted molar refractivity (Wildman–Crippen MR) is 78.2 cm³/mol. The van der Waals surface area contributed by atoms with Crippen molar-refractivity contribution < 1.29 is 0 Å². The van der Waals surface area contributed by atoms with E-state index < -0.39 is 0 Å². The van der Waals surface area contributed by atoms with E-state index in [2.05, 4.69) is 17.1 Å². The molecule has 0 amide bonds. The van der Waals surface area contributed by atoms with Crippen LogP contribution < -0.4 is 5.73 Å². The molecule has 3 aromatic rings. The van der Waals surface area contributed by atoms with Crippen LogP contribution in [0.2, 0.25) is 0 Å². The number of hydrogen-bond acceptors (Lipinski definition) is 2. The summed E-state index contributed by atoms with van der Waals surface area (Å²) in [6.45, 7) is 0. The van der Waals surface area contributed by atoms with E-state index in [1.165, 1.54) is 0 Å². The Morgan fingerprint density at radius 2 is 1.47 bits per heavy atom. The van der Waals surface area contributed by atoms with Gasteiger partial charge in [-0.3, -0.25) is 0 Å². The molecule has 2 nitrogen and oxygen atoms in total. The van der Waals surface area contributed by atoms with Crippen LogP contribution in [0.3, 0.4) is 0 Å². The summed E-state index contributed by atoms with van der Waals surface area (Å²) in [5.41, 5.74) is 8.45. The van der Waals surface area contributed by atoms with Gasteiger partial charge in [-0.05, 0) is 24.3 Å². The summed E-state index contributed by atoms with van der Waals surface area (Å²) in [6.07, 6.45) is 0. The van der Waals surface area contributed by atoms with Crippen LogP contribution in [0.4, 0.5) is 5.69 Å². The Hall–Kier alpha value is -1.51. The Morgan fingerprint density at radius 1 is 0.765 bits per heavy atom. The summed E-state index contributed by atoms with van der Waals surface area (Å²) in [7, 11) is 0. The third kappa shape index (κ3) is 2.43. The van der Waals surface area contributed by atoms with Gasteiger partial charge in [0, 0.05) is 16.5 Å². The van der Waals surface area contributed by atoms with Crippen LogP contribution in [0.15, 0.2) is 48.5 Å². The average molecular weight is 267 g/mol. The minimum Gasteiger partial charge on any atom is -0.399 e. The van der Waals surface area contributed by atoms with Gasteiger partial charge in [-0.1, -0.05) is 24.3 Å². The number of benzene rings is 2. The number of anilines is 1. The first-order valence-corrected chi connectivity index (χ1v) is 4.88. The van der Waals surface area contributed by atoms with Crippen molar-refractivity contribution in [3.05, 3.63) is 48.5 Å². The Labute approximate surface area is 112 Å². The fraction of sp³-hybridized carbons (Fsp3) is 0. The number of rotatable bonds is 0. The standard InChI is InChI=1S/C13H10N2.2ClH/c14-11-6-5-10-7-9-3-1-2-4-12(9)15-13(10)8-11;;/h1-8H,14H2;2*1H. The molecule has 17 heavy (non-hydrogen) atoms. The van der Waals surface area contributed by atoms with Crippen molar-refractivity contribution in [1.82, 2.24) is 4.98 Å². The molecule has 0 radical (unpaired) electrons. The van der Waals surface area contributed by atoms with Gasteiger partial charge in [0.15, 0.2) is 0 Å². The van der Waals surface area contributed by atoms with Gasteiger partial charge < -0.3 is 5.73 Å². The zero-order valence-corrected chi connectivity index (χ0v) is 10.6. The minimum absolute atomic E-state index is 0. The van der Waals surface area contributed by atoms with Crippen molar-refractivity contribution in [3.63, 3.8) is 0 Å². The van der Waals surface area contributed by atoms with Gasteiger partial charge in [0.05, 0.1) is 11.0 Å². The summed E-state index contributed by atoms with van der Waals surface area (Å²) < 4.78 is 0. The fourth-order valence-corrected chi connectivity index (χ4v) is 1.79. The lowest BCUT2D eigenvalue weighted by atomic mass is 10.1. The number of para-hydroxylation sites is 1. The molecule has 4 heteroatoms. The van der Waals surface area contributed by atoms with E-state index in [1.807, 2.05) is 36.4 Å². The molecule has 2 N–H and O–H groups in total. The SMILES string of the molecule is Cl.Cl.Nc1ccc2cc3ccccc3nc2c1. The summed E-state index contributed by atoms with van der Waals surface area (Å²) in [4.78, 5) is 4.56. The highest BCUT2D eigenvalue weighted by atomic mass is 35.5. The van der Waals surface area contributed by atoms with Crippen molar-refractivity contribution in [3.8, 4) is 0 Å². The lowest BCUT2D eigenvalue weighted by Gasteiger charge is -2.01. The van der Waals surface area contributed by atoms with Crippen molar-refractivity contribution >= 4 is 52.3 Å². The van der Waals surface area contributed by atoms with E-state index in [9.17, 15) is 0 Å². The number of hydrogen-bond donors (Lipinski definition) is 1. The molecule has 0 bridgehead atoms. The van der Waals surface area contributed by atoms with Gasteiger partial charge in [0.1, 0.15) is 0 Å². The van der Waals surface area contributed by atoms with E-state index in [1.54, 1.807) is 0 Å². The largest absolute Gasteiger partial charge is 0.399 e. The van der Waals surface area contributed by atoms with Crippen LogP contribution in [-0.2, 0) is 0 Å². The van der Waals surface area contributed by atoms with Crippen molar-refractivity contribution in [2.45, 2.75) is 0 Å². The number of fused-ring (bicyclic) bond motifs is 2. The smallest absolute Gasteiger partial charge is 0.0730 e. The van der Waals surface area contributed by atoms with Gasteiger partial charge in [-0.15, -0.1) is 24.8 Å². The number of nitrogen functional groups attached to an aromatic ring is 1. The molecule has 2 aromatic carbocycles. The van der Waals surface area contributed by atoms with E-state index >= 15 is 0 Å². The maximum absolute atomic E-state index is 5.73. The fourth-order valence-electron chi connectivity index (χ4n) is 1.79. The molecule has 1 aromatic heterocycles. The molecule has 0 aliphatic heterocycles. The first kappa shape index (κ1) is 13.6. The second kappa shape index (κ2) is 5.21. The van der Waals surface area contributed by atoms with Crippen LogP contribution in [0.1, 0.15) is 0 Å². The molecule has 0 spiro atoms. The molecule has 0 saturated carbocycles. The van der Waals surface area contributed by atoms with Crippen LogP contribution in [0.5, 0.6) is 0 Å². The third-order valence-electron chi connectivity index (χ3n) is 2.54. The number of pyridine rings is 1. The number of nitrogens with two attached hydrogens (primary N) is 1. The van der Waals surface area contributed by atoms with E-state index in [-0.39, 0.29) is 24.8 Å². The van der Waals surface area contributed by atoms with Crippen LogP contribution >= 0.6 is 24.8 Å². The summed E-state index contributed by atoms with van der Waals surface area (Å²) in [6, 6.07) is 16.0. The zero-order chi connectivity index (χ0) is 10.3. The molecule has 0 unspecified atom stereocenters. The van der Waals surface area contributed by atoms with Crippen LogP contribution in [0, 0.1) is 0 Å². The minimum atomic E-state index is 0. The monoisotopic (exact) mass is 266 g/mol. The third-order valence-corrected chi connectivity index (χ3v) is 2.54. The molecule has 1 heterocycles. The Balaban J connectivity index is 0.000000722. The summed E-state index contributed by atoms with van der Waals surface area (Å²) in [5, 5.41) is 2.29. The Kier molecular flexibility index (Phi) is 4.16. The molecule has 0 saturated heterocycles. The topological polar surface area (TPSA) is 38.9 Å². The highest BCUT2D eigenvalue weighted by Crippen LogP contribution is 2.20. The summed E-state index contributed by atoms with van der Waals surface area (Å²) >= 11 is 0. The molecule has 0 fully saturated rings. The van der Waals surface area contributed by atoms with Gasteiger partial charge in [0.25, 0.3) is 0 Å². The van der Waals surface area contributed by atoms with Gasteiger partial charge in [-0.25, -0.2) is 4.98 Å². The molecule has 0 atom stereocenters. The number of halogens is 2. The molecule has 0 aliphatic rings. The lowest BCUT2D eigenvalue weighted by Crippen LogP contribution is -1.86. The first-order valence-electron chi connectivity index (χ1n) is 4.88.